The molecule has 3 aromatic rings. The van der Waals surface area contributed by atoms with Gasteiger partial charge in [0.15, 0.2) is 0 Å². The quantitative estimate of drug-likeness (QED) is 0.679. The topological polar surface area (TPSA) is 60.5 Å². The summed E-state index contributed by atoms with van der Waals surface area (Å²) < 4.78 is 10.5. The number of nitrogens with one attached hydrogen (secondary N) is 1. The predicted octanol–water partition coefficient (Wildman–Crippen LogP) is 3.98. The molecular weight excluding hydrogens is 336 g/mol. The number of pyridine rings is 1. The molecule has 0 unspecified atom stereocenters. The van der Waals surface area contributed by atoms with E-state index in [1.54, 1.807) is 32.4 Å². The summed E-state index contributed by atoms with van der Waals surface area (Å²) in [5, 5.41) is 4.74. The van der Waals surface area contributed by atoms with Crippen LogP contribution in [0.4, 0.5) is 5.69 Å². The van der Waals surface area contributed by atoms with E-state index in [9.17, 15) is 4.79 Å². The molecule has 0 aliphatic heterocycles. The minimum atomic E-state index is -0.133. The number of hydrogen-bond acceptors (Lipinski definition) is 5. The summed E-state index contributed by atoms with van der Waals surface area (Å²) >= 11 is 1.39. The lowest BCUT2D eigenvalue weighted by Gasteiger charge is -2.11. The number of carbonyl (C=O) groups is 1. The highest BCUT2D eigenvalue weighted by molar-refractivity contribution is 7.99. The summed E-state index contributed by atoms with van der Waals surface area (Å²) in [6.07, 6.45) is 0. The fourth-order valence-corrected chi connectivity index (χ4v) is 3.04. The van der Waals surface area contributed by atoms with Crippen LogP contribution in [-0.4, -0.2) is 30.9 Å². The molecule has 2 aromatic carbocycles. The van der Waals surface area contributed by atoms with E-state index in [2.05, 4.69) is 10.3 Å². The van der Waals surface area contributed by atoms with Crippen LogP contribution < -0.4 is 14.8 Å². The number of hydrogen-bond donors (Lipinski definition) is 1. The Morgan fingerprint density at radius 3 is 2.72 bits per heavy atom. The maximum Gasteiger partial charge on any atom is 0.234 e. The van der Waals surface area contributed by atoms with E-state index in [1.807, 2.05) is 36.4 Å². The number of amides is 1. The van der Waals surface area contributed by atoms with E-state index in [0.717, 1.165) is 15.9 Å². The molecule has 0 aliphatic rings. The molecule has 128 valence electrons. The smallest absolute Gasteiger partial charge is 0.234 e. The first-order chi connectivity index (χ1) is 12.2. The molecule has 0 fully saturated rings. The molecule has 1 heterocycles. The lowest BCUT2D eigenvalue weighted by Crippen LogP contribution is -2.14. The van der Waals surface area contributed by atoms with Crippen molar-refractivity contribution < 1.29 is 14.3 Å². The van der Waals surface area contributed by atoms with Gasteiger partial charge < -0.3 is 14.8 Å². The van der Waals surface area contributed by atoms with E-state index in [4.69, 9.17) is 9.47 Å². The van der Waals surface area contributed by atoms with Gasteiger partial charge >= 0.3 is 0 Å². The van der Waals surface area contributed by atoms with Crippen LogP contribution >= 0.6 is 11.8 Å². The van der Waals surface area contributed by atoms with E-state index in [-0.39, 0.29) is 11.7 Å². The Labute approximate surface area is 150 Å². The normalized spacial score (nSPS) is 10.5. The summed E-state index contributed by atoms with van der Waals surface area (Å²) in [7, 11) is 3.14. The molecule has 1 aromatic heterocycles. The summed E-state index contributed by atoms with van der Waals surface area (Å²) in [6, 6.07) is 17.1. The number of rotatable bonds is 6. The van der Waals surface area contributed by atoms with Crippen molar-refractivity contribution >= 4 is 34.3 Å². The number of thioether (sulfide) groups is 1. The molecule has 5 nitrogen and oxygen atoms in total. The van der Waals surface area contributed by atoms with Crippen molar-refractivity contribution in [2.75, 3.05) is 25.3 Å². The molecule has 3 rings (SSSR count). The summed E-state index contributed by atoms with van der Waals surface area (Å²) in [6.45, 7) is 0. The predicted molar refractivity (Wildman–Crippen MR) is 101 cm³/mol. The molecule has 0 spiro atoms. The van der Waals surface area contributed by atoms with Crippen LogP contribution in [0.5, 0.6) is 11.5 Å². The number of methoxy groups -OCH3 is 2. The number of carbonyl (C=O) groups excluding carboxylic acids is 1. The largest absolute Gasteiger partial charge is 0.497 e. The standard InChI is InChI=1S/C19H18N2O3S/c1-23-14-8-9-17(24-2)16(11-14)20-18(22)12-25-19-10-7-13-5-3-4-6-15(13)21-19/h3-11H,12H2,1-2H3,(H,20,22). The minimum Gasteiger partial charge on any atom is -0.497 e. The Balaban J connectivity index is 1.66. The first-order valence-electron chi connectivity index (χ1n) is 7.70. The van der Waals surface area contributed by atoms with Crippen molar-refractivity contribution in [2.24, 2.45) is 0 Å². The lowest BCUT2D eigenvalue weighted by molar-refractivity contribution is -0.113. The molecule has 0 atom stereocenters. The first kappa shape index (κ1) is 17.1. The number of nitrogens with zero attached hydrogens (tertiary/aromatic N) is 1. The van der Waals surface area contributed by atoms with Crippen molar-refractivity contribution in [3.05, 3.63) is 54.6 Å². The Morgan fingerprint density at radius 1 is 1.08 bits per heavy atom. The molecule has 0 saturated carbocycles. The van der Waals surface area contributed by atoms with Gasteiger partial charge in [-0.3, -0.25) is 4.79 Å². The number of para-hydroxylation sites is 1. The van der Waals surface area contributed by atoms with Gasteiger partial charge in [0.1, 0.15) is 11.5 Å². The highest BCUT2D eigenvalue weighted by atomic mass is 32.2. The van der Waals surface area contributed by atoms with Crippen LogP contribution in [0.1, 0.15) is 0 Å². The Bertz CT molecular complexity index is 899. The van der Waals surface area contributed by atoms with Gasteiger partial charge in [-0.05, 0) is 24.3 Å². The van der Waals surface area contributed by atoms with Gasteiger partial charge in [0.25, 0.3) is 0 Å². The highest BCUT2D eigenvalue weighted by Gasteiger charge is 2.10. The van der Waals surface area contributed by atoms with Crippen LogP contribution in [0.3, 0.4) is 0 Å². The Kier molecular flexibility index (Phi) is 5.40. The van der Waals surface area contributed by atoms with Gasteiger partial charge in [0, 0.05) is 11.5 Å². The summed E-state index contributed by atoms with van der Waals surface area (Å²) in [4.78, 5) is 16.8. The molecule has 25 heavy (non-hydrogen) atoms. The molecule has 0 bridgehead atoms. The molecule has 0 aliphatic carbocycles. The third-order valence-corrected chi connectivity index (χ3v) is 4.53. The van der Waals surface area contributed by atoms with Crippen LogP contribution in [0.15, 0.2) is 59.6 Å². The fraction of sp³-hybridized carbons (Fsp3) is 0.158. The van der Waals surface area contributed by atoms with Crippen molar-refractivity contribution in [1.29, 1.82) is 0 Å². The molecule has 6 heteroatoms. The van der Waals surface area contributed by atoms with Gasteiger partial charge in [-0.1, -0.05) is 36.0 Å². The Hall–Kier alpha value is -2.73. The number of fused-ring (bicyclic) bond motifs is 1. The zero-order chi connectivity index (χ0) is 17.6. The number of benzene rings is 2. The monoisotopic (exact) mass is 354 g/mol. The van der Waals surface area contributed by atoms with Gasteiger partial charge in [-0.15, -0.1) is 0 Å². The van der Waals surface area contributed by atoms with Crippen molar-refractivity contribution in [2.45, 2.75) is 5.03 Å². The van der Waals surface area contributed by atoms with Crippen LogP contribution in [0, 0.1) is 0 Å². The molecule has 1 N–H and O–H groups in total. The maximum atomic E-state index is 12.3. The highest BCUT2D eigenvalue weighted by Crippen LogP contribution is 2.29. The minimum absolute atomic E-state index is 0.133. The fourth-order valence-electron chi connectivity index (χ4n) is 2.37. The van der Waals surface area contributed by atoms with Crippen molar-refractivity contribution in [3.8, 4) is 11.5 Å². The molecule has 1 amide bonds. The Morgan fingerprint density at radius 2 is 1.92 bits per heavy atom. The van der Waals surface area contributed by atoms with Crippen LogP contribution in [0.25, 0.3) is 10.9 Å². The summed E-state index contributed by atoms with van der Waals surface area (Å²) in [5.74, 6) is 1.36. The van der Waals surface area contributed by atoms with Gasteiger partial charge in [-0.2, -0.15) is 0 Å². The van der Waals surface area contributed by atoms with Gasteiger partial charge in [-0.25, -0.2) is 4.98 Å². The SMILES string of the molecule is COc1ccc(OC)c(NC(=O)CSc2ccc3ccccc3n2)c1. The average molecular weight is 354 g/mol. The second kappa shape index (κ2) is 7.90. The number of ether oxygens (including phenoxy) is 2. The first-order valence-corrected chi connectivity index (χ1v) is 8.68. The van der Waals surface area contributed by atoms with Gasteiger partial charge in [0.2, 0.25) is 5.91 Å². The third kappa shape index (κ3) is 4.22. The van der Waals surface area contributed by atoms with Gasteiger partial charge in [0.05, 0.1) is 36.2 Å². The second-order valence-corrected chi connectivity index (χ2v) is 6.24. The second-order valence-electron chi connectivity index (χ2n) is 5.25. The van der Waals surface area contributed by atoms with E-state index in [0.29, 0.717) is 17.2 Å². The zero-order valence-corrected chi connectivity index (χ0v) is 14.8. The maximum absolute atomic E-state index is 12.3. The average Bonchev–Trinajstić information content (AvgIpc) is 2.66. The lowest BCUT2D eigenvalue weighted by atomic mass is 10.2. The van der Waals surface area contributed by atoms with E-state index < -0.39 is 0 Å². The van der Waals surface area contributed by atoms with E-state index in [1.165, 1.54) is 11.8 Å². The third-order valence-electron chi connectivity index (χ3n) is 3.60. The molecule has 0 saturated heterocycles. The molecule has 0 radical (unpaired) electrons. The van der Waals surface area contributed by atoms with Crippen molar-refractivity contribution in [3.63, 3.8) is 0 Å². The number of anilines is 1. The van der Waals surface area contributed by atoms with Crippen LogP contribution in [0.2, 0.25) is 0 Å². The van der Waals surface area contributed by atoms with Crippen LogP contribution in [-0.2, 0) is 4.79 Å². The van der Waals surface area contributed by atoms with Crippen molar-refractivity contribution in [1.82, 2.24) is 4.98 Å². The summed E-state index contributed by atoms with van der Waals surface area (Å²) in [5.41, 5.74) is 1.50. The number of aromatic nitrogens is 1. The van der Waals surface area contributed by atoms with E-state index >= 15 is 0 Å². The zero-order valence-electron chi connectivity index (χ0n) is 14.0. The molecular formula is C19H18N2O3S.